The molecule has 170 valence electrons. The van der Waals surface area contributed by atoms with Gasteiger partial charge in [0.1, 0.15) is 0 Å². The third kappa shape index (κ3) is 4.77. The lowest BCUT2D eigenvalue weighted by Crippen LogP contribution is -2.19. The van der Waals surface area contributed by atoms with Gasteiger partial charge in [0.15, 0.2) is 17.3 Å². The number of ether oxygens (including phenoxy) is 2. The fraction of sp³-hybridized carbons (Fsp3) is 0.182. The monoisotopic (exact) mass is 467 g/mol. The molecule has 4 rings (SSSR count). The van der Waals surface area contributed by atoms with Gasteiger partial charge in [0.2, 0.25) is 15.0 Å². The standard InChI is InChI=1S/C22H21N5O5S/c1-31-18-7-5-15(11-19(18)32-2)13-26-14-16(6-8-21(26)28)17-12-20(27-10-4-9-23-27)25-22(24-17)33(3,29)30/h4-12,14H,13H2,1-3H3. The van der Waals surface area contributed by atoms with E-state index < -0.39 is 9.84 Å². The molecule has 0 fully saturated rings. The summed E-state index contributed by atoms with van der Waals surface area (Å²) in [4.78, 5) is 20.9. The van der Waals surface area contributed by atoms with Crippen molar-refractivity contribution in [2.24, 2.45) is 0 Å². The quantitative estimate of drug-likeness (QED) is 0.379. The van der Waals surface area contributed by atoms with Crippen LogP contribution in [0.5, 0.6) is 11.5 Å². The Kier molecular flexibility index (Phi) is 5.97. The molecule has 0 bridgehead atoms. The van der Waals surface area contributed by atoms with Crippen LogP contribution < -0.4 is 15.0 Å². The molecular formula is C22H21N5O5S. The van der Waals surface area contributed by atoms with Crippen molar-refractivity contribution in [3.8, 4) is 28.6 Å². The normalized spacial score (nSPS) is 11.4. The predicted octanol–water partition coefficient (Wildman–Crippen LogP) is 1.96. The van der Waals surface area contributed by atoms with E-state index in [0.29, 0.717) is 28.6 Å². The van der Waals surface area contributed by atoms with Crippen molar-refractivity contribution in [3.63, 3.8) is 0 Å². The number of aromatic nitrogens is 5. The molecule has 3 aromatic heterocycles. The number of benzene rings is 1. The Balaban J connectivity index is 1.78. The van der Waals surface area contributed by atoms with Gasteiger partial charge in [-0.3, -0.25) is 4.79 Å². The maximum absolute atomic E-state index is 12.5. The first-order valence-electron chi connectivity index (χ1n) is 9.79. The van der Waals surface area contributed by atoms with E-state index in [2.05, 4.69) is 15.1 Å². The van der Waals surface area contributed by atoms with Gasteiger partial charge in [0, 0.05) is 42.5 Å². The molecule has 0 N–H and O–H groups in total. The molecule has 0 amide bonds. The van der Waals surface area contributed by atoms with Gasteiger partial charge in [-0.2, -0.15) is 10.1 Å². The summed E-state index contributed by atoms with van der Waals surface area (Å²) in [6.07, 6.45) is 5.87. The summed E-state index contributed by atoms with van der Waals surface area (Å²) in [6, 6.07) is 11.7. The van der Waals surface area contributed by atoms with E-state index in [4.69, 9.17) is 9.47 Å². The number of rotatable bonds is 7. The highest BCUT2D eigenvalue weighted by atomic mass is 32.2. The summed E-state index contributed by atoms with van der Waals surface area (Å²) in [7, 11) is -0.593. The number of hydrogen-bond acceptors (Lipinski definition) is 8. The Morgan fingerprint density at radius 2 is 1.79 bits per heavy atom. The van der Waals surface area contributed by atoms with Crippen molar-refractivity contribution in [1.29, 1.82) is 0 Å². The lowest BCUT2D eigenvalue weighted by atomic mass is 10.1. The van der Waals surface area contributed by atoms with E-state index in [9.17, 15) is 13.2 Å². The van der Waals surface area contributed by atoms with Crippen molar-refractivity contribution < 1.29 is 17.9 Å². The zero-order valence-electron chi connectivity index (χ0n) is 18.2. The van der Waals surface area contributed by atoms with Gasteiger partial charge in [-0.15, -0.1) is 0 Å². The summed E-state index contributed by atoms with van der Waals surface area (Å²) in [5.41, 5.74) is 1.50. The van der Waals surface area contributed by atoms with Crippen molar-refractivity contribution in [3.05, 3.63) is 77.0 Å². The lowest BCUT2D eigenvalue weighted by molar-refractivity contribution is 0.354. The molecule has 3 heterocycles. The van der Waals surface area contributed by atoms with E-state index in [1.807, 2.05) is 6.07 Å². The summed E-state index contributed by atoms with van der Waals surface area (Å²) >= 11 is 0. The Morgan fingerprint density at radius 1 is 1.00 bits per heavy atom. The summed E-state index contributed by atoms with van der Waals surface area (Å²) < 4.78 is 37.9. The second-order valence-electron chi connectivity index (χ2n) is 7.19. The van der Waals surface area contributed by atoms with Crippen molar-refractivity contribution in [2.45, 2.75) is 11.7 Å². The van der Waals surface area contributed by atoms with E-state index in [1.54, 1.807) is 63.1 Å². The van der Waals surface area contributed by atoms with E-state index in [0.717, 1.165) is 11.8 Å². The van der Waals surface area contributed by atoms with Crippen LogP contribution in [0.4, 0.5) is 0 Å². The molecule has 0 spiro atoms. The Hall–Kier alpha value is -3.99. The lowest BCUT2D eigenvalue weighted by Gasteiger charge is -2.12. The zero-order chi connectivity index (χ0) is 23.6. The van der Waals surface area contributed by atoms with Gasteiger partial charge in [-0.1, -0.05) is 6.07 Å². The minimum absolute atomic E-state index is 0.224. The van der Waals surface area contributed by atoms with Crippen LogP contribution in [0.1, 0.15) is 5.56 Å². The second kappa shape index (κ2) is 8.87. The second-order valence-corrected chi connectivity index (χ2v) is 9.10. The molecule has 0 radical (unpaired) electrons. The van der Waals surface area contributed by atoms with Gasteiger partial charge < -0.3 is 14.0 Å². The third-order valence-electron chi connectivity index (χ3n) is 4.84. The molecule has 0 saturated heterocycles. The van der Waals surface area contributed by atoms with Crippen molar-refractivity contribution in [1.82, 2.24) is 24.3 Å². The van der Waals surface area contributed by atoms with Crippen molar-refractivity contribution in [2.75, 3.05) is 20.5 Å². The summed E-state index contributed by atoms with van der Waals surface area (Å²) in [6.45, 7) is 0.267. The Morgan fingerprint density at radius 3 is 2.45 bits per heavy atom. The van der Waals surface area contributed by atoms with Crippen LogP contribution in [0.15, 0.2) is 71.0 Å². The first kappa shape index (κ1) is 22.2. The summed E-state index contributed by atoms with van der Waals surface area (Å²) in [5.74, 6) is 1.43. The van der Waals surface area contributed by atoms with Gasteiger partial charge in [-0.05, 0) is 29.8 Å². The van der Waals surface area contributed by atoms with E-state index in [-0.39, 0.29) is 17.3 Å². The van der Waals surface area contributed by atoms with E-state index in [1.165, 1.54) is 15.3 Å². The molecule has 1 aromatic carbocycles. The number of nitrogens with zero attached hydrogens (tertiary/aromatic N) is 5. The minimum Gasteiger partial charge on any atom is -0.493 e. The molecule has 11 heteroatoms. The van der Waals surface area contributed by atoms with Crippen LogP contribution in [0, 0.1) is 0 Å². The van der Waals surface area contributed by atoms with Crippen LogP contribution in [0.25, 0.3) is 17.1 Å². The molecule has 0 aliphatic heterocycles. The van der Waals surface area contributed by atoms with Crippen LogP contribution in [0.2, 0.25) is 0 Å². The van der Waals surface area contributed by atoms with E-state index >= 15 is 0 Å². The molecule has 0 atom stereocenters. The number of methoxy groups -OCH3 is 2. The molecule has 0 unspecified atom stereocenters. The van der Waals surface area contributed by atoms with Crippen LogP contribution >= 0.6 is 0 Å². The Bertz CT molecular complexity index is 1460. The topological polar surface area (TPSA) is 118 Å². The average Bonchev–Trinajstić information content (AvgIpc) is 3.34. The highest BCUT2D eigenvalue weighted by Gasteiger charge is 2.17. The first-order valence-corrected chi connectivity index (χ1v) is 11.7. The predicted molar refractivity (Wildman–Crippen MR) is 121 cm³/mol. The fourth-order valence-electron chi connectivity index (χ4n) is 3.23. The fourth-order valence-corrected chi connectivity index (χ4v) is 3.75. The third-order valence-corrected chi connectivity index (χ3v) is 5.69. The molecule has 33 heavy (non-hydrogen) atoms. The number of pyridine rings is 1. The average molecular weight is 468 g/mol. The maximum Gasteiger partial charge on any atom is 0.250 e. The van der Waals surface area contributed by atoms with Gasteiger partial charge in [0.25, 0.3) is 5.56 Å². The van der Waals surface area contributed by atoms with Crippen LogP contribution in [0.3, 0.4) is 0 Å². The van der Waals surface area contributed by atoms with Crippen LogP contribution in [-0.2, 0) is 16.4 Å². The molecule has 10 nitrogen and oxygen atoms in total. The zero-order valence-corrected chi connectivity index (χ0v) is 19.0. The molecule has 0 aliphatic carbocycles. The first-order chi connectivity index (χ1) is 15.8. The van der Waals surface area contributed by atoms with Crippen LogP contribution in [-0.4, -0.2) is 53.2 Å². The molecule has 4 aromatic rings. The molecule has 0 aliphatic rings. The minimum atomic E-state index is -3.69. The largest absolute Gasteiger partial charge is 0.493 e. The molecule has 0 saturated carbocycles. The number of sulfone groups is 1. The SMILES string of the molecule is COc1ccc(Cn2cc(-c3cc(-n4cccn4)nc(S(C)(=O)=O)n3)ccc2=O)cc1OC. The maximum atomic E-state index is 12.5. The Labute approximate surface area is 190 Å². The van der Waals surface area contributed by atoms with Gasteiger partial charge in [-0.25, -0.2) is 18.1 Å². The van der Waals surface area contributed by atoms with Crippen molar-refractivity contribution >= 4 is 9.84 Å². The highest BCUT2D eigenvalue weighted by Crippen LogP contribution is 2.28. The highest BCUT2D eigenvalue weighted by molar-refractivity contribution is 7.90. The summed E-state index contributed by atoms with van der Waals surface area (Å²) in [5, 5.41) is 3.79. The molecular weight excluding hydrogens is 446 g/mol. The number of hydrogen-bond donors (Lipinski definition) is 0. The smallest absolute Gasteiger partial charge is 0.250 e. The van der Waals surface area contributed by atoms with Gasteiger partial charge in [0.05, 0.1) is 26.5 Å². The van der Waals surface area contributed by atoms with Gasteiger partial charge >= 0.3 is 0 Å².